The summed E-state index contributed by atoms with van der Waals surface area (Å²) in [6.07, 6.45) is 1.94. The van der Waals surface area contributed by atoms with Crippen molar-refractivity contribution in [2.75, 3.05) is 6.61 Å². The number of aliphatic hydroxyl groups excluding tert-OH is 1. The zero-order valence-corrected chi connectivity index (χ0v) is 10.9. The molecule has 0 amide bonds. The first-order valence-corrected chi connectivity index (χ1v) is 6.21. The highest BCUT2D eigenvalue weighted by Gasteiger charge is 2.07. The number of aliphatic hydroxyl groups is 1. The Morgan fingerprint density at radius 3 is 2.29 bits per heavy atom. The van der Waals surface area contributed by atoms with Crippen LogP contribution in [0.5, 0.6) is 0 Å². The Kier molecular flexibility index (Phi) is 4.89. The monoisotopic (exact) mass is 304 g/mol. The molecular formula is C12H17IO. The highest BCUT2D eigenvalue weighted by atomic mass is 127. The summed E-state index contributed by atoms with van der Waals surface area (Å²) in [5.74, 6) is 0. The van der Waals surface area contributed by atoms with Crippen LogP contribution in [0, 0.1) is 13.8 Å². The number of hydrogen-bond donors (Lipinski definition) is 1. The average Bonchev–Trinajstić information content (AvgIpc) is 2.12. The predicted octanol–water partition coefficient (Wildman–Crippen LogP) is 3.55. The molecule has 0 aliphatic rings. The van der Waals surface area contributed by atoms with Gasteiger partial charge in [0.25, 0.3) is 0 Å². The third-order valence-electron chi connectivity index (χ3n) is 2.22. The lowest BCUT2D eigenvalue weighted by Gasteiger charge is -2.11. The zero-order valence-electron chi connectivity index (χ0n) is 8.76. The molecule has 1 N–H and O–H groups in total. The van der Waals surface area contributed by atoms with Crippen molar-refractivity contribution in [3.63, 3.8) is 0 Å². The first kappa shape index (κ1) is 12.0. The van der Waals surface area contributed by atoms with Crippen molar-refractivity contribution in [2.45, 2.75) is 30.6 Å². The van der Waals surface area contributed by atoms with Gasteiger partial charge in [0.2, 0.25) is 0 Å². The molecule has 78 valence electrons. The first-order valence-electron chi connectivity index (χ1n) is 4.96. The van der Waals surface area contributed by atoms with E-state index in [2.05, 4.69) is 54.6 Å². The number of alkyl halides is 1. The molecule has 2 heteroatoms. The van der Waals surface area contributed by atoms with Crippen LogP contribution >= 0.6 is 22.6 Å². The summed E-state index contributed by atoms with van der Waals surface area (Å²) in [6, 6.07) is 6.67. The molecule has 0 aliphatic carbocycles. The lowest BCUT2D eigenvalue weighted by atomic mass is 10.0. The molecule has 0 radical (unpaired) electrons. The fraction of sp³-hybridized carbons (Fsp3) is 0.500. The standard InChI is InChI=1S/C12H17IO/c1-9-6-10(2)8-11(7-9)12(13)4-3-5-14/h6-8,12,14H,3-5H2,1-2H3. The molecule has 0 aromatic heterocycles. The number of hydrogen-bond acceptors (Lipinski definition) is 1. The van der Waals surface area contributed by atoms with E-state index in [0.29, 0.717) is 10.5 Å². The Balaban J connectivity index is 2.73. The Morgan fingerprint density at radius 1 is 1.21 bits per heavy atom. The van der Waals surface area contributed by atoms with Gasteiger partial charge in [0.05, 0.1) is 0 Å². The van der Waals surface area contributed by atoms with Crippen LogP contribution < -0.4 is 0 Å². The van der Waals surface area contributed by atoms with E-state index in [1.165, 1.54) is 16.7 Å². The van der Waals surface area contributed by atoms with E-state index in [1.54, 1.807) is 0 Å². The van der Waals surface area contributed by atoms with Crippen LogP contribution in [0.2, 0.25) is 0 Å². The topological polar surface area (TPSA) is 20.2 Å². The molecule has 1 unspecified atom stereocenters. The fourth-order valence-corrected chi connectivity index (χ4v) is 2.43. The second kappa shape index (κ2) is 5.71. The lowest BCUT2D eigenvalue weighted by Crippen LogP contribution is -1.94. The summed E-state index contributed by atoms with van der Waals surface area (Å²) in [7, 11) is 0. The van der Waals surface area contributed by atoms with Gasteiger partial charge in [0, 0.05) is 10.5 Å². The van der Waals surface area contributed by atoms with E-state index in [-0.39, 0.29) is 0 Å². The highest BCUT2D eigenvalue weighted by Crippen LogP contribution is 2.29. The molecule has 0 spiro atoms. The van der Waals surface area contributed by atoms with Gasteiger partial charge in [-0.05, 0) is 32.3 Å². The van der Waals surface area contributed by atoms with E-state index in [1.807, 2.05) is 0 Å². The minimum atomic E-state index is 0.296. The fourth-order valence-electron chi connectivity index (χ4n) is 1.63. The quantitative estimate of drug-likeness (QED) is 0.666. The molecule has 0 fully saturated rings. The second-order valence-electron chi connectivity index (χ2n) is 3.75. The average molecular weight is 304 g/mol. The normalized spacial score (nSPS) is 12.9. The van der Waals surface area contributed by atoms with Gasteiger partial charge in [0.15, 0.2) is 0 Å². The molecule has 0 aliphatic heterocycles. The smallest absolute Gasteiger partial charge is 0.0431 e. The van der Waals surface area contributed by atoms with Crippen LogP contribution in [-0.2, 0) is 0 Å². The maximum Gasteiger partial charge on any atom is 0.0431 e. The molecule has 1 aromatic carbocycles. The number of benzene rings is 1. The molecule has 1 rings (SSSR count). The second-order valence-corrected chi connectivity index (χ2v) is 5.26. The van der Waals surface area contributed by atoms with Crippen molar-refractivity contribution in [3.8, 4) is 0 Å². The van der Waals surface area contributed by atoms with Crippen molar-refractivity contribution in [1.29, 1.82) is 0 Å². The highest BCUT2D eigenvalue weighted by molar-refractivity contribution is 14.1. The van der Waals surface area contributed by atoms with Crippen molar-refractivity contribution in [2.24, 2.45) is 0 Å². The minimum absolute atomic E-state index is 0.296. The van der Waals surface area contributed by atoms with Gasteiger partial charge in [-0.1, -0.05) is 51.9 Å². The van der Waals surface area contributed by atoms with E-state index >= 15 is 0 Å². The number of halogens is 1. The zero-order chi connectivity index (χ0) is 10.6. The van der Waals surface area contributed by atoms with Crippen LogP contribution in [0.25, 0.3) is 0 Å². The van der Waals surface area contributed by atoms with E-state index in [0.717, 1.165) is 12.8 Å². The molecule has 14 heavy (non-hydrogen) atoms. The van der Waals surface area contributed by atoms with Gasteiger partial charge < -0.3 is 5.11 Å². The summed E-state index contributed by atoms with van der Waals surface area (Å²) in [6.45, 7) is 4.56. The molecule has 1 atom stereocenters. The maximum absolute atomic E-state index is 8.77. The molecule has 0 bridgehead atoms. The molecule has 1 aromatic rings. The van der Waals surface area contributed by atoms with Gasteiger partial charge in [0.1, 0.15) is 0 Å². The van der Waals surface area contributed by atoms with Gasteiger partial charge >= 0.3 is 0 Å². The minimum Gasteiger partial charge on any atom is -0.396 e. The van der Waals surface area contributed by atoms with Gasteiger partial charge in [-0.3, -0.25) is 0 Å². The van der Waals surface area contributed by atoms with E-state index in [4.69, 9.17) is 5.11 Å². The lowest BCUT2D eigenvalue weighted by molar-refractivity contribution is 0.285. The molecule has 0 heterocycles. The Hall–Kier alpha value is -0.0900. The Morgan fingerprint density at radius 2 is 1.79 bits per heavy atom. The van der Waals surface area contributed by atoms with Crippen molar-refractivity contribution in [1.82, 2.24) is 0 Å². The van der Waals surface area contributed by atoms with Gasteiger partial charge in [-0.25, -0.2) is 0 Å². The Bertz CT molecular complexity index is 276. The summed E-state index contributed by atoms with van der Waals surface area (Å²) in [5, 5.41) is 8.77. The van der Waals surface area contributed by atoms with Crippen molar-refractivity contribution < 1.29 is 5.11 Å². The molecule has 0 saturated heterocycles. The largest absolute Gasteiger partial charge is 0.396 e. The summed E-state index contributed by atoms with van der Waals surface area (Å²) < 4.78 is 0.526. The SMILES string of the molecule is Cc1cc(C)cc(C(I)CCCO)c1. The first-order chi connectivity index (χ1) is 6.63. The van der Waals surface area contributed by atoms with Crippen molar-refractivity contribution >= 4 is 22.6 Å². The summed E-state index contributed by atoms with van der Waals surface area (Å²) in [4.78, 5) is 0. The maximum atomic E-state index is 8.77. The molecular weight excluding hydrogens is 287 g/mol. The van der Waals surface area contributed by atoms with Crippen LogP contribution in [0.4, 0.5) is 0 Å². The van der Waals surface area contributed by atoms with E-state index < -0.39 is 0 Å². The van der Waals surface area contributed by atoms with Crippen LogP contribution in [0.1, 0.15) is 33.5 Å². The van der Waals surface area contributed by atoms with Gasteiger partial charge in [-0.15, -0.1) is 0 Å². The molecule has 0 saturated carbocycles. The van der Waals surface area contributed by atoms with Crippen LogP contribution in [0.3, 0.4) is 0 Å². The van der Waals surface area contributed by atoms with Crippen LogP contribution in [-0.4, -0.2) is 11.7 Å². The van der Waals surface area contributed by atoms with Gasteiger partial charge in [-0.2, -0.15) is 0 Å². The Labute approximate surface area is 99.7 Å². The van der Waals surface area contributed by atoms with Crippen molar-refractivity contribution in [3.05, 3.63) is 34.9 Å². The summed E-state index contributed by atoms with van der Waals surface area (Å²) >= 11 is 2.45. The third-order valence-corrected chi connectivity index (χ3v) is 3.56. The summed E-state index contributed by atoms with van der Waals surface area (Å²) in [5.41, 5.74) is 4.04. The number of rotatable bonds is 4. The van der Waals surface area contributed by atoms with Crippen LogP contribution in [0.15, 0.2) is 18.2 Å². The third kappa shape index (κ3) is 3.58. The molecule has 1 nitrogen and oxygen atoms in total. The predicted molar refractivity (Wildman–Crippen MR) is 69.0 cm³/mol. The van der Waals surface area contributed by atoms with E-state index in [9.17, 15) is 0 Å². The number of aryl methyl sites for hydroxylation is 2.